The molecule has 0 saturated carbocycles. The highest BCUT2D eigenvalue weighted by Crippen LogP contribution is 2.17. The van der Waals surface area contributed by atoms with Crippen LogP contribution in [-0.4, -0.2) is 21.6 Å². The molecule has 3 aromatic rings. The van der Waals surface area contributed by atoms with Crippen molar-refractivity contribution in [1.82, 2.24) is 14.5 Å². The highest BCUT2D eigenvalue weighted by atomic mass is 35.5. The fourth-order valence-electron chi connectivity index (χ4n) is 2.86. The van der Waals surface area contributed by atoms with Crippen molar-refractivity contribution in [1.29, 1.82) is 0 Å². The molecule has 0 fully saturated rings. The van der Waals surface area contributed by atoms with E-state index in [1.54, 1.807) is 0 Å². The monoisotopic (exact) mass is 403 g/mol. The van der Waals surface area contributed by atoms with Gasteiger partial charge in [-0.2, -0.15) is 0 Å². The fraction of sp³-hybridized carbons (Fsp3) is 0.250. The molecule has 1 N–H and O–H groups in total. The van der Waals surface area contributed by atoms with Crippen LogP contribution in [0.2, 0.25) is 5.02 Å². The Morgan fingerprint density at radius 1 is 1.18 bits per heavy atom. The molecule has 2 aromatic carbocycles. The SMILES string of the molecule is CC(C)CNC(=O)Cn1c(=O)n(-c2ccccc2F)c(=O)c2ccc(Cl)cc21. The van der Waals surface area contributed by atoms with Crippen LogP contribution in [0.1, 0.15) is 13.8 Å². The molecule has 3 rings (SSSR count). The van der Waals surface area contributed by atoms with Crippen LogP contribution in [-0.2, 0) is 11.3 Å². The number of hydrogen-bond donors (Lipinski definition) is 1. The summed E-state index contributed by atoms with van der Waals surface area (Å²) in [6, 6.07) is 9.89. The molecule has 28 heavy (non-hydrogen) atoms. The summed E-state index contributed by atoms with van der Waals surface area (Å²) in [4.78, 5) is 38.3. The maximum Gasteiger partial charge on any atom is 0.336 e. The van der Waals surface area contributed by atoms with E-state index >= 15 is 0 Å². The number of hydrogen-bond acceptors (Lipinski definition) is 3. The Morgan fingerprint density at radius 3 is 2.57 bits per heavy atom. The normalized spacial score (nSPS) is 11.2. The molecule has 0 radical (unpaired) electrons. The van der Waals surface area contributed by atoms with Crippen molar-refractivity contribution >= 4 is 28.4 Å². The lowest BCUT2D eigenvalue weighted by molar-refractivity contribution is -0.121. The Bertz CT molecular complexity index is 1170. The van der Waals surface area contributed by atoms with Crippen LogP contribution < -0.4 is 16.6 Å². The number of nitrogens with zero attached hydrogens (tertiary/aromatic N) is 2. The molecule has 1 aromatic heterocycles. The average Bonchev–Trinajstić information content (AvgIpc) is 2.65. The van der Waals surface area contributed by atoms with Gasteiger partial charge >= 0.3 is 5.69 Å². The predicted octanol–water partition coefficient (Wildman–Crippen LogP) is 2.72. The van der Waals surface area contributed by atoms with E-state index in [2.05, 4.69) is 5.32 Å². The molecule has 0 aliphatic heterocycles. The Labute approximate surface area is 165 Å². The number of fused-ring (bicyclic) bond motifs is 1. The van der Waals surface area contributed by atoms with Gasteiger partial charge < -0.3 is 5.32 Å². The smallest absolute Gasteiger partial charge is 0.336 e. The standard InChI is InChI=1S/C20H19ClFN3O3/c1-12(2)10-23-18(26)11-24-17-9-13(21)7-8-14(17)19(27)25(20(24)28)16-6-4-3-5-15(16)22/h3-9,12H,10-11H2,1-2H3,(H,23,26). The quantitative estimate of drug-likeness (QED) is 0.712. The van der Waals surface area contributed by atoms with Crippen LogP contribution in [0.3, 0.4) is 0 Å². The molecule has 1 amide bonds. The van der Waals surface area contributed by atoms with Gasteiger partial charge in [-0.15, -0.1) is 0 Å². The van der Waals surface area contributed by atoms with Crippen LogP contribution in [0.4, 0.5) is 4.39 Å². The van der Waals surface area contributed by atoms with E-state index in [1.807, 2.05) is 13.8 Å². The molecule has 0 spiro atoms. The molecule has 0 saturated heterocycles. The molecule has 146 valence electrons. The van der Waals surface area contributed by atoms with Gasteiger partial charge in [-0.3, -0.25) is 14.2 Å². The highest BCUT2D eigenvalue weighted by molar-refractivity contribution is 6.31. The number of benzene rings is 2. The molecule has 1 heterocycles. The van der Waals surface area contributed by atoms with Gasteiger partial charge in [-0.05, 0) is 36.2 Å². The second kappa shape index (κ2) is 7.98. The van der Waals surface area contributed by atoms with E-state index in [-0.39, 0.29) is 29.1 Å². The van der Waals surface area contributed by atoms with Crippen molar-refractivity contribution in [2.75, 3.05) is 6.54 Å². The van der Waals surface area contributed by atoms with E-state index < -0.39 is 23.0 Å². The number of amides is 1. The van der Waals surface area contributed by atoms with Crippen molar-refractivity contribution in [2.45, 2.75) is 20.4 Å². The Balaban J connectivity index is 2.25. The number of carbonyl (C=O) groups is 1. The molecular weight excluding hydrogens is 385 g/mol. The second-order valence-corrected chi connectivity index (χ2v) is 7.26. The van der Waals surface area contributed by atoms with Crippen molar-refractivity contribution in [3.8, 4) is 5.69 Å². The largest absolute Gasteiger partial charge is 0.354 e. The molecule has 0 aliphatic rings. The average molecular weight is 404 g/mol. The number of halogens is 2. The Morgan fingerprint density at radius 2 is 1.89 bits per heavy atom. The zero-order chi connectivity index (χ0) is 20.4. The summed E-state index contributed by atoms with van der Waals surface area (Å²) in [5.41, 5.74) is -1.45. The van der Waals surface area contributed by atoms with Crippen LogP contribution >= 0.6 is 11.6 Å². The van der Waals surface area contributed by atoms with E-state index in [0.29, 0.717) is 11.6 Å². The molecule has 0 unspecified atom stereocenters. The van der Waals surface area contributed by atoms with Gasteiger partial charge in [0.25, 0.3) is 5.56 Å². The molecular formula is C20H19ClFN3O3. The number of para-hydroxylation sites is 1. The van der Waals surface area contributed by atoms with Crippen molar-refractivity contribution in [3.05, 3.63) is 74.1 Å². The first-order chi connectivity index (χ1) is 13.3. The summed E-state index contributed by atoms with van der Waals surface area (Å²) in [7, 11) is 0. The van der Waals surface area contributed by atoms with E-state index in [0.717, 1.165) is 15.2 Å². The lowest BCUT2D eigenvalue weighted by atomic mass is 10.2. The number of carbonyl (C=O) groups excluding carboxylic acids is 1. The van der Waals surface area contributed by atoms with Crippen LogP contribution in [0.5, 0.6) is 0 Å². The van der Waals surface area contributed by atoms with Gasteiger partial charge in [0.2, 0.25) is 5.91 Å². The van der Waals surface area contributed by atoms with Crippen molar-refractivity contribution in [3.63, 3.8) is 0 Å². The van der Waals surface area contributed by atoms with Crippen LogP contribution in [0.15, 0.2) is 52.1 Å². The summed E-state index contributed by atoms with van der Waals surface area (Å²) in [5.74, 6) is -0.874. The summed E-state index contributed by atoms with van der Waals surface area (Å²) in [6.07, 6.45) is 0. The maximum atomic E-state index is 14.3. The number of rotatable bonds is 5. The summed E-state index contributed by atoms with van der Waals surface area (Å²) in [6.45, 7) is 4.01. The maximum absolute atomic E-state index is 14.3. The van der Waals surface area contributed by atoms with Gasteiger partial charge in [0.05, 0.1) is 16.6 Å². The Kier molecular flexibility index (Phi) is 5.65. The van der Waals surface area contributed by atoms with Crippen LogP contribution in [0.25, 0.3) is 16.6 Å². The third kappa shape index (κ3) is 3.84. The molecule has 8 heteroatoms. The highest BCUT2D eigenvalue weighted by Gasteiger charge is 2.18. The first-order valence-electron chi connectivity index (χ1n) is 8.76. The van der Waals surface area contributed by atoms with Gasteiger partial charge in [0, 0.05) is 11.6 Å². The first kappa shape index (κ1) is 19.8. The lowest BCUT2D eigenvalue weighted by Crippen LogP contribution is -2.42. The van der Waals surface area contributed by atoms with Crippen LogP contribution in [0, 0.1) is 11.7 Å². The van der Waals surface area contributed by atoms with Crippen molar-refractivity contribution < 1.29 is 9.18 Å². The molecule has 6 nitrogen and oxygen atoms in total. The zero-order valence-electron chi connectivity index (χ0n) is 15.4. The van der Waals surface area contributed by atoms with E-state index in [9.17, 15) is 18.8 Å². The minimum Gasteiger partial charge on any atom is -0.354 e. The summed E-state index contributed by atoms with van der Waals surface area (Å²) < 4.78 is 16.2. The van der Waals surface area contributed by atoms with Crippen molar-refractivity contribution in [2.24, 2.45) is 5.92 Å². The minimum absolute atomic E-state index is 0.156. The number of nitrogens with one attached hydrogen (secondary N) is 1. The van der Waals surface area contributed by atoms with Gasteiger partial charge in [-0.25, -0.2) is 13.8 Å². The summed E-state index contributed by atoms with van der Waals surface area (Å²) >= 11 is 6.03. The van der Waals surface area contributed by atoms with Gasteiger partial charge in [0.1, 0.15) is 12.4 Å². The van der Waals surface area contributed by atoms with E-state index in [1.165, 1.54) is 36.4 Å². The lowest BCUT2D eigenvalue weighted by Gasteiger charge is -2.15. The van der Waals surface area contributed by atoms with Gasteiger partial charge in [0.15, 0.2) is 0 Å². The van der Waals surface area contributed by atoms with E-state index in [4.69, 9.17) is 11.6 Å². The molecule has 0 atom stereocenters. The molecule has 0 aliphatic carbocycles. The molecule has 0 bridgehead atoms. The fourth-order valence-corrected chi connectivity index (χ4v) is 3.02. The predicted molar refractivity (Wildman–Crippen MR) is 107 cm³/mol. The topological polar surface area (TPSA) is 73.1 Å². The number of aromatic nitrogens is 2. The van der Waals surface area contributed by atoms with Gasteiger partial charge in [-0.1, -0.05) is 37.6 Å². The second-order valence-electron chi connectivity index (χ2n) is 6.82. The summed E-state index contributed by atoms with van der Waals surface area (Å²) in [5, 5.41) is 3.20. The zero-order valence-corrected chi connectivity index (χ0v) is 16.2. The Hall–Kier alpha value is -2.93. The third-order valence-electron chi connectivity index (χ3n) is 4.21. The third-order valence-corrected chi connectivity index (χ3v) is 4.44. The first-order valence-corrected chi connectivity index (χ1v) is 9.14. The minimum atomic E-state index is -0.815.